The molecule has 0 unspecified atom stereocenters. The lowest BCUT2D eigenvalue weighted by Gasteiger charge is -2.19. The third-order valence-electron chi connectivity index (χ3n) is 4.26. The van der Waals surface area contributed by atoms with Crippen molar-refractivity contribution in [2.24, 2.45) is 5.92 Å². The number of aromatic nitrogens is 1. The van der Waals surface area contributed by atoms with Gasteiger partial charge in [0.05, 0.1) is 22.3 Å². The number of rotatable bonds is 2. The lowest BCUT2D eigenvalue weighted by Crippen LogP contribution is -2.27. The largest absolute Gasteiger partial charge is 0.418 e. The predicted octanol–water partition coefficient (Wildman–Crippen LogP) is 1.72. The molecule has 4 nitrogen and oxygen atoms in total. The zero-order chi connectivity index (χ0) is 15.3. The van der Waals surface area contributed by atoms with Gasteiger partial charge in [0, 0.05) is 25.8 Å². The minimum absolute atomic E-state index is 0.0395. The lowest BCUT2D eigenvalue weighted by molar-refractivity contribution is -0.138. The first-order chi connectivity index (χ1) is 9.77. The molecule has 0 saturated carbocycles. The van der Waals surface area contributed by atoms with E-state index in [1.807, 2.05) is 0 Å². The van der Waals surface area contributed by atoms with Crippen molar-refractivity contribution in [3.8, 4) is 0 Å². The third kappa shape index (κ3) is 2.78. The van der Waals surface area contributed by atoms with Crippen LogP contribution in [0.4, 0.5) is 13.2 Å². The fraction of sp³-hybridized carbons (Fsp3) is 0.615. The first kappa shape index (κ1) is 14.8. The molecule has 3 heterocycles. The highest BCUT2D eigenvalue weighted by Crippen LogP contribution is 2.36. The van der Waals surface area contributed by atoms with Crippen LogP contribution in [0, 0.1) is 5.92 Å². The molecular formula is C13H15F3N2O2S. The van der Waals surface area contributed by atoms with E-state index in [0.717, 1.165) is 6.07 Å². The molecule has 0 aromatic carbocycles. The van der Waals surface area contributed by atoms with Gasteiger partial charge in [0.25, 0.3) is 0 Å². The van der Waals surface area contributed by atoms with Gasteiger partial charge >= 0.3 is 6.18 Å². The van der Waals surface area contributed by atoms with Crippen LogP contribution in [-0.2, 0) is 22.6 Å². The van der Waals surface area contributed by atoms with E-state index >= 15 is 0 Å². The summed E-state index contributed by atoms with van der Waals surface area (Å²) < 4.78 is 62.5. The van der Waals surface area contributed by atoms with Crippen LogP contribution in [0.2, 0.25) is 0 Å². The average Bonchev–Trinajstić information content (AvgIpc) is 2.90. The molecule has 3 rings (SSSR count). The molecule has 8 heteroatoms. The highest BCUT2D eigenvalue weighted by Gasteiger charge is 2.46. The van der Waals surface area contributed by atoms with Crippen LogP contribution in [0.5, 0.6) is 0 Å². The van der Waals surface area contributed by atoms with Gasteiger partial charge < -0.3 is 0 Å². The second kappa shape index (κ2) is 4.95. The molecule has 21 heavy (non-hydrogen) atoms. The Hall–Kier alpha value is -1.15. The van der Waals surface area contributed by atoms with Gasteiger partial charge in [-0.15, -0.1) is 0 Å². The maximum Gasteiger partial charge on any atom is 0.418 e. The molecule has 1 aromatic heterocycles. The number of sulfone groups is 1. The molecule has 2 fully saturated rings. The van der Waals surface area contributed by atoms with Crippen LogP contribution in [0.1, 0.15) is 17.7 Å². The van der Waals surface area contributed by atoms with Gasteiger partial charge in [-0.25, -0.2) is 8.42 Å². The molecule has 2 saturated heterocycles. The molecule has 2 aliphatic heterocycles. The van der Waals surface area contributed by atoms with Gasteiger partial charge in [-0.3, -0.25) is 9.88 Å². The molecule has 0 spiro atoms. The summed E-state index contributed by atoms with van der Waals surface area (Å²) in [6.45, 7) is 0.872. The highest BCUT2D eigenvalue weighted by atomic mass is 32.2. The van der Waals surface area contributed by atoms with Crippen molar-refractivity contribution in [3.63, 3.8) is 0 Å². The molecule has 2 atom stereocenters. The number of hydrogen-bond donors (Lipinski definition) is 0. The highest BCUT2D eigenvalue weighted by molar-refractivity contribution is 7.92. The molecular weight excluding hydrogens is 305 g/mol. The van der Waals surface area contributed by atoms with Gasteiger partial charge in [-0.2, -0.15) is 13.2 Å². The fourth-order valence-electron chi connectivity index (χ4n) is 3.24. The summed E-state index contributed by atoms with van der Waals surface area (Å²) >= 11 is 0. The predicted molar refractivity (Wildman–Crippen MR) is 70.2 cm³/mol. The summed E-state index contributed by atoms with van der Waals surface area (Å²) in [7, 11) is -3.07. The van der Waals surface area contributed by atoms with Gasteiger partial charge in [-0.1, -0.05) is 0 Å². The zero-order valence-electron chi connectivity index (χ0n) is 11.2. The molecule has 0 amide bonds. The minimum Gasteiger partial charge on any atom is -0.296 e. The van der Waals surface area contributed by atoms with E-state index in [1.54, 1.807) is 4.90 Å². The van der Waals surface area contributed by atoms with Crippen molar-refractivity contribution in [1.82, 2.24) is 9.88 Å². The number of fused-ring (bicyclic) bond motifs is 1. The number of halogens is 3. The Kier molecular flexibility index (Phi) is 3.48. The zero-order valence-corrected chi connectivity index (χ0v) is 12.0. The summed E-state index contributed by atoms with van der Waals surface area (Å²) in [4.78, 5) is 5.60. The Labute approximate surface area is 120 Å². The summed E-state index contributed by atoms with van der Waals surface area (Å²) in [5, 5.41) is -0.421. The van der Waals surface area contributed by atoms with Crippen LogP contribution in [-0.4, -0.2) is 42.4 Å². The first-order valence-corrected chi connectivity index (χ1v) is 8.44. The minimum atomic E-state index is -4.44. The van der Waals surface area contributed by atoms with Gasteiger partial charge in [0.2, 0.25) is 0 Å². The van der Waals surface area contributed by atoms with E-state index in [-0.39, 0.29) is 23.9 Å². The van der Waals surface area contributed by atoms with Crippen molar-refractivity contribution in [2.45, 2.75) is 24.4 Å². The van der Waals surface area contributed by atoms with Crippen molar-refractivity contribution in [2.75, 3.05) is 18.8 Å². The average molecular weight is 320 g/mol. The Bertz CT molecular complexity index is 645. The molecule has 0 radical (unpaired) electrons. The van der Waals surface area contributed by atoms with Gasteiger partial charge in [-0.05, 0) is 24.5 Å². The Morgan fingerprint density at radius 3 is 2.76 bits per heavy atom. The summed E-state index contributed by atoms with van der Waals surface area (Å²) in [5.41, 5.74) is -0.785. The van der Waals surface area contributed by atoms with Crippen molar-refractivity contribution >= 4 is 9.84 Å². The number of likely N-dealkylation sites (tertiary alicyclic amines) is 1. The van der Waals surface area contributed by atoms with Crippen LogP contribution >= 0.6 is 0 Å². The van der Waals surface area contributed by atoms with E-state index in [2.05, 4.69) is 4.98 Å². The third-order valence-corrected chi connectivity index (χ3v) is 6.52. The van der Waals surface area contributed by atoms with Crippen molar-refractivity contribution in [1.29, 1.82) is 0 Å². The van der Waals surface area contributed by atoms with Gasteiger partial charge in [0.15, 0.2) is 9.84 Å². The lowest BCUT2D eigenvalue weighted by atomic mass is 10.1. The quantitative estimate of drug-likeness (QED) is 0.832. The standard InChI is InChI=1S/C13H15F3N2O2S/c14-13(15,16)10-2-1-4-17-11(10)7-18-6-9-3-5-21(19,20)12(9)8-18/h1-2,4,9,12H,3,5-8H2/t9-,12+/m0/s1. The summed E-state index contributed by atoms with van der Waals surface area (Å²) in [5.74, 6) is 0.251. The second-order valence-corrected chi connectivity index (χ2v) is 7.98. The topological polar surface area (TPSA) is 50.3 Å². The molecule has 1 aromatic rings. The molecule has 116 valence electrons. The number of nitrogens with zero attached hydrogens (tertiary/aromatic N) is 2. The monoisotopic (exact) mass is 320 g/mol. The van der Waals surface area contributed by atoms with E-state index in [9.17, 15) is 21.6 Å². The van der Waals surface area contributed by atoms with Crippen molar-refractivity contribution < 1.29 is 21.6 Å². The normalized spacial score (nSPS) is 28.7. The maximum absolute atomic E-state index is 12.9. The summed E-state index contributed by atoms with van der Waals surface area (Å²) in [6, 6.07) is 2.27. The number of alkyl halides is 3. The smallest absolute Gasteiger partial charge is 0.296 e. The Balaban J connectivity index is 1.78. The Morgan fingerprint density at radius 1 is 1.33 bits per heavy atom. The molecule has 2 aliphatic rings. The van der Waals surface area contributed by atoms with Crippen molar-refractivity contribution in [3.05, 3.63) is 29.6 Å². The SMILES string of the molecule is O=S1(=O)CC[C@H]2CN(Cc3ncccc3C(F)(F)F)C[C@H]21. The van der Waals surface area contributed by atoms with Crippen LogP contribution in [0.25, 0.3) is 0 Å². The van der Waals surface area contributed by atoms with E-state index in [1.165, 1.54) is 12.3 Å². The number of hydrogen-bond acceptors (Lipinski definition) is 4. The molecule has 0 bridgehead atoms. The fourth-order valence-corrected chi connectivity index (χ4v) is 5.42. The van der Waals surface area contributed by atoms with E-state index in [4.69, 9.17) is 0 Å². The first-order valence-electron chi connectivity index (χ1n) is 6.72. The molecule has 0 N–H and O–H groups in total. The van der Waals surface area contributed by atoms with E-state index < -0.39 is 26.8 Å². The summed E-state index contributed by atoms with van der Waals surface area (Å²) in [6.07, 6.45) is -2.50. The van der Waals surface area contributed by atoms with Crippen LogP contribution in [0.3, 0.4) is 0 Å². The van der Waals surface area contributed by atoms with Gasteiger partial charge in [0.1, 0.15) is 0 Å². The van der Waals surface area contributed by atoms with Crippen LogP contribution < -0.4 is 0 Å². The Morgan fingerprint density at radius 2 is 2.10 bits per heavy atom. The van der Waals surface area contributed by atoms with E-state index in [0.29, 0.717) is 19.5 Å². The second-order valence-electron chi connectivity index (χ2n) is 5.64. The molecule has 0 aliphatic carbocycles. The maximum atomic E-state index is 12.9. The van der Waals surface area contributed by atoms with Crippen LogP contribution in [0.15, 0.2) is 18.3 Å². The number of pyridine rings is 1.